The molecule has 3 aromatic heterocycles. The number of fused-ring (bicyclic) bond motifs is 1. The average Bonchev–Trinajstić information content (AvgIpc) is 3.45. The summed E-state index contributed by atoms with van der Waals surface area (Å²) in [7, 11) is -2.86. The summed E-state index contributed by atoms with van der Waals surface area (Å²) in [5, 5.41) is 0.706. The number of rotatable bonds is 5. The molecule has 164 valence electrons. The van der Waals surface area contributed by atoms with Crippen molar-refractivity contribution in [2.24, 2.45) is 0 Å². The molecule has 1 saturated carbocycles. The highest BCUT2D eigenvalue weighted by atomic mass is 32.2. The summed E-state index contributed by atoms with van der Waals surface area (Å²) in [6, 6.07) is 6.03. The van der Waals surface area contributed by atoms with Crippen LogP contribution in [0.25, 0.3) is 22.4 Å². The van der Waals surface area contributed by atoms with Crippen molar-refractivity contribution in [2.45, 2.75) is 49.7 Å². The number of H-pyrrole nitrogens is 1. The fraction of sp³-hybridized carbons (Fsp3) is 0.500. The molecule has 3 aromatic rings. The smallest absolute Gasteiger partial charge is 0.162 e. The Kier molecular flexibility index (Phi) is 4.78. The van der Waals surface area contributed by atoms with Gasteiger partial charge in [0.15, 0.2) is 5.82 Å². The van der Waals surface area contributed by atoms with E-state index in [2.05, 4.69) is 21.8 Å². The molecule has 0 amide bonds. The Morgan fingerprint density at radius 3 is 2.84 bits per heavy atom. The van der Waals surface area contributed by atoms with Crippen LogP contribution in [0.15, 0.2) is 30.6 Å². The Morgan fingerprint density at radius 1 is 1.32 bits per heavy atom. The molecule has 8 nitrogen and oxygen atoms in total. The lowest BCUT2D eigenvalue weighted by Crippen LogP contribution is -2.44. The number of aromatic nitrogens is 4. The maximum Gasteiger partial charge on any atom is 0.162 e. The molecule has 0 aromatic carbocycles. The second-order valence-electron chi connectivity index (χ2n) is 8.79. The highest BCUT2D eigenvalue weighted by Gasteiger charge is 2.55. The SMILES string of the molecule is CC(C)S(=N)(=O)C1(c2cc(N3CCOC[C@H]3C)nc(-c3ccnc4[nH]ccc34)n2)CC1. The van der Waals surface area contributed by atoms with E-state index in [-0.39, 0.29) is 11.3 Å². The van der Waals surface area contributed by atoms with Crippen molar-refractivity contribution in [2.75, 3.05) is 24.7 Å². The van der Waals surface area contributed by atoms with E-state index in [0.717, 1.165) is 47.5 Å². The van der Waals surface area contributed by atoms with Gasteiger partial charge in [0, 0.05) is 41.2 Å². The summed E-state index contributed by atoms with van der Waals surface area (Å²) in [5.74, 6) is 1.39. The Balaban J connectivity index is 1.71. The van der Waals surface area contributed by atoms with Gasteiger partial charge < -0.3 is 14.6 Å². The number of nitrogens with one attached hydrogen (secondary N) is 2. The van der Waals surface area contributed by atoms with Crippen LogP contribution in [0, 0.1) is 4.78 Å². The molecule has 31 heavy (non-hydrogen) atoms. The molecule has 0 radical (unpaired) electrons. The van der Waals surface area contributed by atoms with Crippen molar-refractivity contribution in [1.29, 1.82) is 4.78 Å². The van der Waals surface area contributed by atoms with Crippen LogP contribution < -0.4 is 4.90 Å². The number of ether oxygens (including phenoxy) is 1. The molecule has 9 heteroatoms. The fourth-order valence-corrected chi connectivity index (χ4v) is 6.46. The topological polar surface area (TPSA) is 108 Å². The first kappa shape index (κ1) is 20.4. The molecule has 0 bridgehead atoms. The van der Waals surface area contributed by atoms with E-state index in [1.54, 1.807) is 6.20 Å². The lowest BCUT2D eigenvalue weighted by molar-refractivity contribution is 0.0985. The molecule has 1 saturated heterocycles. The van der Waals surface area contributed by atoms with Gasteiger partial charge in [-0.05, 0) is 31.9 Å². The number of aromatic amines is 1. The van der Waals surface area contributed by atoms with Gasteiger partial charge in [-0.3, -0.25) is 4.78 Å². The van der Waals surface area contributed by atoms with E-state index in [1.807, 2.05) is 38.2 Å². The third-order valence-corrected chi connectivity index (χ3v) is 9.60. The van der Waals surface area contributed by atoms with Crippen molar-refractivity contribution in [3.05, 3.63) is 36.3 Å². The molecule has 2 N–H and O–H groups in total. The van der Waals surface area contributed by atoms with Crippen LogP contribution in [-0.4, -0.2) is 55.2 Å². The predicted molar refractivity (Wildman–Crippen MR) is 122 cm³/mol. The van der Waals surface area contributed by atoms with Crippen molar-refractivity contribution in [3.8, 4) is 11.4 Å². The van der Waals surface area contributed by atoms with Gasteiger partial charge >= 0.3 is 0 Å². The number of hydrogen-bond acceptors (Lipinski definition) is 7. The lowest BCUT2D eigenvalue weighted by atomic mass is 10.1. The summed E-state index contributed by atoms with van der Waals surface area (Å²) in [4.78, 5) is 19.6. The first-order valence-corrected chi connectivity index (χ1v) is 12.4. The van der Waals surface area contributed by atoms with Gasteiger partial charge in [-0.15, -0.1) is 0 Å². The molecule has 5 rings (SSSR count). The van der Waals surface area contributed by atoms with Gasteiger partial charge in [0.2, 0.25) is 0 Å². The Hall–Kier alpha value is -2.52. The molecule has 2 fully saturated rings. The van der Waals surface area contributed by atoms with Crippen LogP contribution in [0.2, 0.25) is 0 Å². The second kappa shape index (κ2) is 7.27. The molecular formula is C22H28N6O2S. The highest BCUT2D eigenvalue weighted by Crippen LogP contribution is 2.54. The van der Waals surface area contributed by atoms with Gasteiger partial charge in [-0.1, -0.05) is 13.8 Å². The minimum Gasteiger partial charge on any atom is -0.377 e. The molecule has 1 unspecified atom stereocenters. The third-order valence-electron chi connectivity index (χ3n) is 6.49. The van der Waals surface area contributed by atoms with Gasteiger partial charge in [0.25, 0.3) is 0 Å². The zero-order valence-electron chi connectivity index (χ0n) is 18.1. The number of pyridine rings is 1. The highest BCUT2D eigenvalue weighted by molar-refractivity contribution is 7.94. The number of hydrogen-bond donors (Lipinski definition) is 2. The van der Waals surface area contributed by atoms with Gasteiger partial charge in [-0.2, -0.15) is 0 Å². The quantitative estimate of drug-likeness (QED) is 0.626. The van der Waals surface area contributed by atoms with E-state index in [9.17, 15) is 4.21 Å². The third kappa shape index (κ3) is 3.22. The van der Waals surface area contributed by atoms with E-state index in [4.69, 9.17) is 19.5 Å². The predicted octanol–water partition coefficient (Wildman–Crippen LogP) is 3.69. The summed E-state index contributed by atoms with van der Waals surface area (Å²) < 4.78 is 27.2. The second-order valence-corrected chi connectivity index (χ2v) is 11.7. The first-order chi connectivity index (χ1) is 14.8. The van der Waals surface area contributed by atoms with Gasteiger partial charge in [0.1, 0.15) is 11.5 Å². The Bertz CT molecular complexity index is 1230. The molecule has 2 aliphatic rings. The number of morpholine rings is 1. The molecular weight excluding hydrogens is 412 g/mol. The number of anilines is 1. The molecule has 1 aliphatic heterocycles. The maximum atomic E-state index is 13.5. The van der Waals surface area contributed by atoms with Crippen LogP contribution in [-0.2, 0) is 19.2 Å². The van der Waals surface area contributed by atoms with Gasteiger partial charge in [0.05, 0.1) is 39.4 Å². The van der Waals surface area contributed by atoms with Crippen molar-refractivity contribution < 1.29 is 8.95 Å². The van der Waals surface area contributed by atoms with Gasteiger partial charge in [-0.25, -0.2) is 19.2 Å². The van der Waals surface area contributed by atoms with Crippen LogP contribution in [0.4, 0.5) is 5.82 Å². The van der Waals surface area contributed by atoms with Crippen LogP contribution in [0.5, 0.6) is 0 Å². The minimum atomic E-state index is -2.86. The maximum absolute atomic E-state index is 13.5. The number of nitrogens with zero attached hydrogens (tertiary/aromatic N) is 4. The van der Waals surface area contributed by atoms with Crippen LogP contribution in [0.1, 0.15) is 39.3 Å². The molecule has 2 atom stereocenters. The average molecular weight is 441 g/mol. The Morgan fingerprint density at radius 2 is 2.13 bits per heavy atom. The van der Waals surface area contributed by atoms with Crippen LogP contribution >= 0.6 is 0 Å². The van der Waals surface area contributed by atoms with Crippen LogP contribution in [0.3, 0.4) is 0 Å². The monoisotopic (exact) mass is 440 g/mol. The normalized spacial score (nSPS) is 22.6. The summed E-state index contributed by atoms with van der Waals surface area (Å²) in [6.45, 7) is 7.87. The summed E-state index contributed by atoms with van der Waals surface area (Å²) in [6.07, 6.45) is 5.04. The van der Waals surface area contributed by atoms with E-state index in [1.165, 1.54) is 0 Å². The van der Waals surface area contributed by atoms with Crippen molar-refractivity contribution in [1.82, 2.24) is 19.9 Å². The zero-order valence-corrected chi connectivity index (χ0v) is 18.9. The van der Waals surface area contributed by atoms with E-state index >= 15 is 0 Å². The summed E-state index contributed by atoms with van der Waals surface area (Å²) in [5.41, 5.74) is 2.38. The standard InChI is InChI=1S/C22H28N6O2S/c1-14(2)31(23,29)22(6-7-22)18-12-19(28-10-11-30-13-15(28)3)27-21(26-18)17-5-9-25-20-16(17)4-8-24-20/h4-5,8-9,12,14-15,23H,6-7,10-11,13H2,1-3H3,(H,24,25)/t15-,31?/m1/s1. The lowest BCUT2D eigenvalue weighted by Gasteiger charge is -2.35. The molecule has 0 spiro atoms. The zero-order chi connectivity index (χ0) is 21.8. The van der Waals surface area contributed by atoms with Crippen molar-refractivity contribution >= 4 is 26.6 Å². The van der Waals surface area contributed by atoms with E-state index in [0.29, 0.717) is 19.0 Å². The first-order valence-electron chi connectivity index (χ1n) is 10.8. The minimum absolute atomic E-state index is 0.176. The van der Waals surface area contributed by atoms with E-state index < -0.39 is 14.5 Å². The molecule has 1 aliphatic carbocycles. The van der Waals surface area contributed by atoms with Crippen molar-refractivity contribution in [3.63, 3.8) is 0 Å². The summed E-state index contributed by atoms with van der Waals surface area (Å²) >= 11 is 0. The largest absolute Gasteiger partial charge is 0.377 e. The Labute approximate surface area is 182 Å². The fourth-order valence-electron chi connectivity index (χ4n) is 4.44. The molecule has 4 heterocycles.